The zero-order valence-corrected chi connectivity index (χ0v) is 9.58. The number of carbonyl (C=O) groups excluding carboxylic acids is 1. The number of piperidine rings is 1. The molecular formula is C11H20N2O2. The zero-order valence-electron chi connectivity index (χ0n) is 9.58. The summed E-state index contributed by atoms with van der Waals surface area (Å²) < 4.78 is 5.31. The highest BCUT2D eigenvalue weighted by molar-refractivity contribution is 5.70. The molecule has 0 saturated carbocycles. The lowest BCUT2D eigenvalue weighted by molar-refractivity contribution is 0.0406. The second-order valence-electron chi connectivity index (χ2n) is 5.14. The van der Waals surface area contributed by atoms with E-state index in [0.717, 1.165) is 6.42 Å². The first-order valence-electron chi connectivity index (χ1n) is 5.73. The minimum absolute atomic E-state index is 0.259. The topological polar surface area (TPSA) is 41.6 Å². The molecule has 1 atom stereocenters. The molecule has 15 heavy (non-hydrogen) atoms. The first kappa shape index (κ1) is 10.7. The van der Waals surface area contributed by atoms with Crippen molar-refractivity contribution >= 4 is 6.09 Å². The van der Waals surface area contributed by atoms with Crippen LogP contribution in [-0.2, 0) is 4.74 Å². The van der Waals surface area contributed by atoms with Gasteiger partial charge in [0.05, 0.1) is 6.54 Å². The number of likely N-dealkylation sites (tertiary alicyclic amines) is 1. The molecular weight excluding hydrogens is 192 g/mol. The summed E-state index contributed by atoms with van der Waals surface area (Å²) >= 11 is 0. The predicted octanol–water partition coefficient (Wildman–Crippen LogP) is 1.22. The summed E-state index contributed by atoms with van der Waals surface area (Å²) in [5, 5.41) is 2.74. The quantitative estimate of drug-likeness (QED) is 0.748. The Kier molecular flexibility index (Phi) is 2.87. The molecule has 86 valence electrons. The van der Waals surface area contributed by atoms with E-state index in [4.69, 9.17) is 4.74 Å². The molecule has 4 heteroatoms. The van der Waals surface area contributed by atoms with Crippen LogP contribution >= 0.6 is 0 Å². The zero-order chi connectivity index (χ0) is 10.9. The SMILES string of the molecule is CN1CCC(CC2(C)CNC(=O)O2)CC1. The van der Waals surface area contributed by atoms with Crippen LogP contribution in [0.3, 0.4) is 0 Å². The van der Waals surface area contributed by atoms with E-state index in [1.54, 1.807) is 0 Å². The largest absolute Gasteiger partial charge is 0.441 e. The number of amides is 1. The third-order valence-corrected chi connectivity index (χ3v) is 3.50. The highest BCUT2D eigenvalue weighted by atomic mass is 16.6. The van der Waals surface area contributed by atoms with Crippen LogP contribution in [0.15, 0.2) is 0 Å². The second kappa shape index (κ2) is 4.00. The summed E-state index contributed by atoms with van der Waals surface area (Å²) in [7, 11) is 2.16. The Balaban J connectivity index is 1.84. The summed E-state index contributed by atoms with van der Waals surface area (Å²) in [4.78, 5) is 13.4. The average Bonchev–Trinajstić information content (AvgIpc) is 2.50. The van der Waals surface area contributed by atoms with E-state index in [1.807, 2.05) is 6.92 Å². The summed E-state index contributed by atoms with van der Waals surface area (Å²) in [5.74, 6) is 0.707. The Morgan fingerprint density at radius 1 is 1.53 bits per heavy atom. The van der Waals surface area contributed by atoms with Gasteiger partial charge in [0, 0.05) is 0 Å². The predicted molar refractivity (Wildman–Crippen MR) is 57.7 cm³/mol. The summed E-state index contributed by atoms with van der Waals surface area (Å²) in [6.07, 6.45) is 3.19. The van der Waals surface area contributed by atoms with Gasteiger partial charge >= 0.3 is 6.09 Å². The van der Waals surface area contributed by atoms with Gasteiger partial charge in [0.15, 0.2) is 0 Å². The van der Waals surface area contributed by atoms with Crippen LogP contribution in [0, 0.1) is 5.92 Å². The number of ether oxygens (including phenoxy) is 1. The lowest BCUT2D eigenvalue weighted by atomic mass is 9.85. The van der Waals surface area contributed by atoms with E-state index < -0.39 is 0 Å². The van der Waals surface area contributed by atoms with Crippen molar-refractivity contribution < 1.29 is 9.53 Å². The van der Waals surface area contributed by atoms with Gasteiger partial charge in [-0.05, 0) is 52.2 Å². The van der Waals surface area contributed by atoms with Crippen molar-refractivity contribution in [1.82, 2.24) is 10.2 Å². The number of carbonyl (C=O) groups is 1. The minimum Gasteiger partial charge on any atom is -0.441 e. The second-order valence-corrected chi connectivity index (χ2v) is 5.14. The Labute approximate surface area is 91.0 Å². The smallest absolute Gasteiger partial charge is 0.407 e. The normalized spacial score (nSPS) is 33.9. The number of nitrogens with zero attached hydrogens (tertiary/aromatic N) is 1. The van der Waals surface area contributed by atoms with Gasteiger partial charge < -0.3 is 15.0 Å². The monoisotopic (exact) mass is 212 g/mol. The van der Waals surface area contributed by atoms with Crippen LogP contribution in [-0.4, -0.2) is 43.3 Å². The standard InChI is InChI=1S/C11H20N2O2/c1-11(8-12-10(14)15-11)7-9-3-5-13(2)6-4-9/h9H,3-8H2,1-2H3,(H,12,14). The Hall–Kier alpha value is -0.770. The molecule has 1 unspecified atom stereocenters. The average molecular weight is 212 g/mol. The number of cyclic esters (lactones) is 1. The third-order valence-electron chi connectivity index (χ3n) is 3.50. The van der Waals surface area contributed by atoms with Gasteiger partial charge in [0.1, 0.15) is 5.60 Å². The van der Waals surface area contributed by atoms with E-state index in [0.29, 0.717) is 12.5 Å². The van der Waals surface area contributed by atoms with Crippen LogP contribution in [0.5, 0.6) is 0 Å². The van der Waals surface area contributed by atoms with Gasteiger partial charge in [0.2, 0.25) is 0 Å². The summed E-state index contributed by atoms with van der Waals surface area (Å²) in [5.41, 5.74) is -0.266. The van der Waals surface area contributed by atoms with Crippen LogP contribution in [0.25, 0.3) is 0 Å². The summed E-state index contributed by atoms with van der Waals surface area (Å²) in [6.45, 7) is 5.03. The third kappa shape index (κ3) is 2.62. The van der Waals surface area contributed by atoms with Crippen molar-refractivity contribution in [2.45, 2.75) is 31.8 Å². The first-order valence-corrected chi connectivity index (χ1v) is 5.73. The highest BCUT2D eigenvalue weighted by Crippen LogP contribution is 2.29. The molecule has 2 fully saturated rings. The highest BCUT2D eigenvalue weighted by Gasteiger charge is 2.38. The molecule has 0 aliphatic carbocycles. The fraction of sp³-hybridized carbons (Fsp3) is 0.909. The van der Waals surface area contributed by atoms with Crippen molar-refractivity contribution in [1.29, 1.82) is 0 Å². The molecule has 1 amide bonds. The van der Waals surface area contributed by atoms with Crippen molar-refractivity contribution in [2.75, 3.05) is 26.7 Å². The van der Waals surface area contributed by atoms with E-state index >= 15 is 0 Å². The number of rotatable bonds is 2. The molecule has 2 rings (SSSR count). The number of hydrogen-bond acceptors (Lipinski definition) is 3. The molecule has 2 aliphatic rings. The fourth-order valence-corrected chi connectivity index (χ4v) is 2.55. The van der Waals surface area contributed by atoms with E-state index in [9.17, 15) is 4.79 Å². The molecule has 2 saturated heterocycles. The van der Waals surface area contributed by atoms with Crippen molar-refractivity contribution in [3.05, 3.63) is 0 Å². The summed E-state index contributed by atoms with van der Waals surface area (Å²) in [6, 6.07) is 0. The number of nitrogens with one attached hydrogen (secondary N) is 1. The molecule has 4 nitrogen and oxygen atoms in total. The molecule has 2 aliphatic heterocycles. The van der Waals surface area contributed by atoms with E-state index in [-0.39, 0.29) is 11.7 Å². The van der Waals surface area contributed by atoms with Crippen molar-refractivity contribution in [3.8, 4) is 0 Å². The van der Waals surface area contributed by atoms with E-state index in [2.05, 4.69) is 17.3 Å². The first-order chi connectivity index (χ1) is 7.07. The Morgan fingerprint density at radius 3 is 2.73 bits per heavy atom. The van der Waals surface area contributed by atoms with Crippen LogP contribution < -0.4 is 5.32 Å². The van der Waals surface area contributed by atoms with E-state index in [1.165, 1.54) is 25.9 Å². The van der Waals surface area contributed by atoms with Crippen molar-refractivity contribution in [3.63, 3.8) is 0 Å². The van der Waals surface area contributed by atoms with Crippen LogP contribution in [0.2, 0.25) is 0 Å². The molecule has 2 heterocycles. The molecule has 0 radical (unpaired) electrons. The maximum atomic E-state index is 11.0. The van der Waals surface area contributed by atoms with Gasteiger partial charge in [-0.1, -0.05) is 0 Å². The lowest BCUT2D eigenvalue weighted by Gasteiger charge is -2.33. The Morgan fingerprint density at radius 2 is 2.20 bits per heavy atom. The van der Waals surface area contributed by atoms with Crippen LogP contribution in [0.1, 0.15) is 26.2 Å². The van der Waals surface area contributed by atoms with Gasteiger partial charge in [-0.15, -0.1) is 0 Å². The minimum atomic E-state index is -0.266. The van der Waals surface area contributed by atoms with Crippen molar-refractivity contribution in [2.24, 2.45) is 5.92 Å². The molecule has 0 aromatic rings. The lowest BCUT2D eigenvalue weighted by Crippen LogP contribution is -2.37. The van der Waals surface area contributed by atoms with Gasteiger partial charge in [-0.2, -0.15) is 0 Å². The van der Waals surface area contributed by atoms with Gasteiger partial charge in [-0.25, -0.2) is 4.79 Å². The molecule has 0 aromatic carbocycles. The number of hydrogen-bond donors (Lipinski definition) is 1. The Bertz CT molecular complexity index is 249. The molecule has 0 aromatic heterocycles. The van der Waals surface area contributed by atoms with Crippen LogP contribution in [0.4, 0.5) is 4.79 Å². The molecule has 0 bridgehead atoms. The van der Waals surface area contributed by atoms with Gasteiger partial charge in [0.25, 0.3) is 0 Å². The maximum absolute atomic E-state index is 11.0. The fourth-order valence-electron chi connectivity index (χ4n) is 2.55. The maximum Gasteiger partial charge on any atom is 0.407 e. The number of alkyl carbamates (subject to hydrolysis) is 1. The van der Waals surface area contributed by atoms with Gasteiger partial charge in [-0.3, -0.25) is 0 Å². The molecule has 0 spiro atoms. The molecule has 1 N–H and O–H groups in total.